The fraction of sp³-hybridized carbons (Fsp3) is 0.278. The van der Waals surface area contributed by atoms with Gasteiger partial charge in [0.05, 0.1) is 0 Å². The number of amides is 1. The maximum Gasteiger partial charge on any atom is 0.407 e. The molecule has 0 saturated heterocycles. The number of nitrogens with one attached hydrogen (secondary N) is 1. The zero-order valence-electron chi connectivity index (χ0n) is 13.3. The number of aliphatic hydroxyl groups is 2. The van der Waals surface area contributed by atoms with Gasteiger partial charge in [0, 0.05) is 6.54 Å². The highest BCUT2D eigenvalue weighted by Crippen LogP contribution is 2.22. The van der Waals surface area contributed by atoms with Gasteiger partial charge in [0.25, 0.3) is 0 Å². The molecule has 2 aromatic rings. The van der Waals surface area contributed by atoms with E-state index in [0.29, 0.717) is 0 Å². The third kappa shape index (κ3) is 4.78. The second-order valence-corrected chi connectivity index (χ2v) is 5.41. The lowest BCUT2D eigenvalue weighted by Gasteiger charge is -2.20. The largest absolute Gasteiger partial charge is 0.445 e. The molecule has 2 atom stereocenters. The van der Waals surface area contributed by atoms with Gasteiger partial charge in [0.2, 0.25) is 0 Å². The van der Waals surface area contributed by atoms with E-state index in [4.69, 9.17) is 4.74 Å². The summed E-state index contributed by atoms with van der Waals surface area (Å²) in [6.07, 6.45) is -3.30. The summed E-state index contributed by atoms with van der Waals surface area (Å²) in [5.74, 6) is -0.464. The molecular weight excluding hydrogens is 313 g/mol. The number of alkyl carbamates (subject to hydrolysis) is 1. The van der Waals surface area contributed by atoms with Crippen LogP contribution in [-0.2, 0) is 11.3 Å². The second-order valence-electron chi connectivity index (χ2n) is 5.41. The quantitative estimate of drug-likeness (QED) is 0.759. The Morgan fingerprint density at radius 3 is 2.58 bits per heavy atom. The molecule has 5 nitrogen and oxygen atoms in total. The smallest absolute Gasteiger partial charge is 0.407 e. The number of rotatable bonds is 6. The van der Waals surface area contributed by atoms with Gasteiger partial charge in [-0.3, -0.25) is 0 Å². The van der Waals surface area contributed by atoms with Crippen LogP contribution in [-0.4, -0.2) is 29.0 Å². The highest BCUT2D eigenvalue weighted by Gasteiger charge is 2.22. The third-order valence-electron chi connectivity index (χ3n) is 3.66. The molecule has 0 bridgehead atoms. The molecule has 0 heterocycles. The van der Waals surface area contributed by atoms with Crippen LogP contribution in [0.5, 0.6) is 0 Å². The van der Waals surface area contributed by atoms with Gasteiger partial charge in [-0.05, 0) is 29.7 Å². The Labute approximate surface area is 139 Å². The molecule has 0 aliphatic carbocycles. The fourth-order valence-electron chi connectivity index (χ4n) is 2.23. The molecular formula is C18H20FNO4. The first-order valence-electron chi connectivity index (χ1n) is 7.54. The first kappa shape index (κ1) is 17.9. The summed E-state index contributed by atoms with van der Waals surface area (Å²) in [5, 5.41) is 22.5. The Kier molecular flexibility index (Phi) is 6.28. The SMILES string of the molecule is Cc1c(F)cccc1C(O)C(O)CNC(=O)OCc1ccccc1. The average molecular weight is 333 g/mol. The van der Waals surface area contributed by atoms with E-state index in [1.165, 1.54) is 25.1 Å². The van der Waals surface area contributed by atoms with Crippen molar-refractivity contribution >= 4 is 6.09 Å². The highest BCUT2D eigenvalue weighted by atomic mass is 19.1. The molecule has 2 unspecified atom stereocenters. The Morgan fingerprint density at radius 1 is 1.17 bits per heavy atom. The van der Waals surface area contributed by atoms with E-state index in [1.54, 1.807) is 0 Å². The van der Waals surface area contributed by atoms with Crippen molar-refractivity contribution in [1.29, 1.82) is 0 Å². The summed E-state index contributed by atoms with van der Waals surface area (Å²) < 4.78 is 18.5. The Hall–Kier alpha value is -2.44. The van der Waals surface area contributed by atoms with Gasteiger partial charge >= 0.3 is 6.09 Å². The number of halogens is 1. The van der Waals surface area contributed by atoms with Crippen molar-refractivity contribution in [3.05, 3.63) is 71.0 Å². The van der Waals surface area contributed by atoms with Gasteiger partial charge < -0.3 is 20.3 Å². The zero-order valence-corrected chi connectivity index (χ0v) is 13.3. The van der Waals surface area contributed by atoms with Crippen LogP contribution in [0.15, 0.2) is 48.5 Å². The van der Waals surface area contributed by atoms with E-state index < -0.39 is 24.1 Å². The molecule has 2 aromatic carbocycles. The van der Waals surface area contributed by atoms with E-state index >= 15 is 0 Å². The molecule has 0 aliphatic rings. The number of benzene rings is 2. The molecule has 0 radical (unpaired) electrons. The summed E-state index contributed by atoms with van der Waals surface area (Å²) in [7, 11) is 0. The molecule has 0 aliphatic heterocycles. The van der Waals surface area contributed by atoms with Crippen LogP contribution in [0.2, 0.25) is 0 Å². The predicted octanol–water partition coefficient (Wildman–Crippen LogP) is 2.45. The van der Waals surface area contributed by atoms with Crippen LogP contribution in [0.4, 0.5) is 9.18 Å². The normalized spacial score (nSPS) is 13.2. The minimum Gasteiger partial charge on any atom is -0.445 e. The van der Waals surface area contributed by atoms with Gasteiger partial charge in [-0.15, -0.1) is 0 Å². The first-order valence-corrected chi connectivity index (χ1v) is 7.54. The number of hydrogen-bond acceptors (Lipinski definition) is 4. The van der Waals surface area contributed by atoms with Crippen LogP contribution < -0.4 is 5.32 Å². The van der Waals surface area contributed by atoms with Crippen molar-refractivity contribution in [3.63, 3.8) is 0 Å². The summed E-state index contributed by atoms with van der Waals surface area (Å²) in [4.78, 5) is 11.6. The van der Waals surface area contributed by atoms with Crippen LogP contribution in [0, 0.1) is 12.7 Å². The number of carbonyl (C=O) groups is 1. The van der Waals surface area contributed by atoms with Gasteiger partial charge in [-0.1, -0.05) is 42.5 Å². The molecule has 3 N–H and O–H groups in total. The van der Waals surface area contributed by atoms with Crippen molar-refractivity contribution in [2.24, 2.45) is 0 Å². The first-order chi connectivity index (χ1) is 11.5. The molecule has 0 fully saturated rings. The maximum absolute atomic E-state index is 13.5. The van der Waals surface area contributed by atoms with Crippen LogP contribution in [0.3, 0.4) is 0 Å². The standard InChI is InChI=1S/C18H20FNO4/c1-12-14(8-5-9-15(12)19)17(22)16(21)10-20-18(23)24-11-13-6-3-2-4-7-13/h2-9,16-17,21-22H,10-11H2,1H3,(H,20,23). The average Bonchev–Trinajstić information content (AvgIpc) is 2.60. The van der Waals surface area contributed by atoms with Gasteiger partial charge in [-0.2, -0.15) is 0 Å². The predicted molar refractivity (Wildman–Crippen MR) is 86.7 cm³/mol. The van der Waals surface area contributed by atoms with Crippen molar-refractivity contribution < 1.29 is 24.1 Å². The molecule has 2 rings (SSSR count). The molecule has 0 saturated carbocycles. The van der Waals surface area contributed by atoms with E-state index in [0.717, 1.165) is 5.56 Å². The van der Waals surface area contributed by atoms with Gasteiger partial charge in [0.15, 0.2) is 0 Å². The molecule has 128 valence electrons. The highest BCUT2D eigenvalue weighted by molar-refractivity contribution is 5.67. The van der Waals surface area contributed by atoms with Crippen molar-refractivity contribution in [1.82, 2.24) is 5.32 Å². The Bertz CT molecular complexity index is 678. The number of ether oxygens (including phenoxy) is 1. The summed E-state index contributed by atoms with van der Waals surface area (Å²) in [6, 6.07) is 13.4. The molecule has 6 heteroatoms. The number of hydrogen-bond donors (Lipinski definition) is 3. The minimum atomic E-state index is -1.31. The molecule has 0 spiro atoms. The molecule has 0 aromatic heterocycles. The van der Waals surface area contributed by atoms with E-state index in [1.807, 2.05) is 30.3 Å². The monoisotopic (exact) mass is 333 g/mol. The molecule has 24 heavy (non-hydrogen) atoms. The third-order valence-corrected chi connectivity index (χ3v) is 3.66. The van der Waals surface area contributed by atoms with Crippen molar-refractivity contribution in [2.45, 2.75) is 25.7 Å². The lowest BCUT2D eigenvalue weighted by Crippen LogP contribution is -2.36. The van der Waals surface area contributed by atoms with Gasteiger partial charge in [-0.25, -0.2) is 9.18 Å². The Balaban J connectivity index is 1.82. The summed E-state index contributed by atoms with van der Waals surface area (Å²) in [5.41, 5.74) is 1.38. The number of aliphatic hydroxyl groups excluding tert-OH is 2. The van der Waals surface area contributed by atoms with E-state index in [2.05, 4.69) is 5.32 Å². The van der Waals surface area contributed by atoms with Crippen LogP contribution in [0.25, 0.3) is 0 Å². The van der Waals surface area contributed by atoms with Crippen molar-refractivity contribution in [2.75, 3.05) is 6.54 Å². The maximum atomic E-state index is 13.5. The second kappa shape index (κ2) is 8.42. The van der Waals surface area contributed by atoms with Crippen LogP contribution in [0.1, 0.15) is 22.8 Å². The zero-order chi connectivity index (χ0) is 17.5. The van der Waals surface area contributed by atoms with Crippen molar-refractivity contribution in [3.8, 4) is 0 Å². The fourth-order valence-corrected chi connectivity index (χ4v) is 2.23. The van der Waals surface area contributed by atoms with Gasteiger partial charge in [0.1, 0.15) is 24.6 Å². The lowest BCUT2D eigenvalue weighted by atomic mass is 9.99. The summed E-state index contributed by atoms with van der Waals surface area (Å²) in [6.45, 7) is 1.40. The molecule has 1 amide bonds. The number of carbonyl (C=O) groups excluding carboxylic acids is 1. The Morgan fingerprint density at radius 2 is 1.88 bits per heavy atom. The summed E-state index contributed by atoms with van der Waals surface area (Å²) >= 11 is 0. The minimum absolute atomic E-state index is 0.105. The van der Waals surface area contributed by atoms with E-state index in [9.17, 15) is 19.4 Å². The van der Waals surface area contributed by atoms with E-state index in [-0.39, 0.29) is 24.3 Å². The topological polar surface area (TPSA) is 78.8 Å². The van der Waals surface area contributed by atoms with Crippen LogP contribution >= 0.6 is 0 Å². The lowest BCUT2D eigenvalue weighted by molar-refractivity contribution is 0.0178.